The van der Waals surface area contributed by atoms with Gasteiger partial charge < -0.3 is 14.5 Å². The molecule has 0 saturated heterocycles. The zero-order valence-electron chi connectivity index (χ0n) is 11.6. The SMILES string of the molecule is Cc1cnoc1C(=O)N(C)Cc1cc(C=CC(=O)O)cs1. The highest BCUT2D eigenvalue weighted by molar-refractivity contribution is 7.10. The molecule has 0 radical (unpaired) electrons. The van der Waals surface area contributed by atoms with Gasteiger partial charge in [0.25, 0.3) is 5.91 Å². The van der Waals surface area contributed by atoms with E-state index in [1.807, 2.05) is 11.4 Å². The Morgan fingerprint density at radius 2 is 2.29 bits per heavy atom. The molecule has 1 amide bonds. The molecule has 7 heteroatoms. The molecule has 2 aromatic rings. The number of aliphatic carboxylic acids is 1. The predicted molar refractivity (Wildman–Crippen MR) is 78.0 cm³/mol. The fraction of sp³-hybridized carbons (Fsp3) is 0.214. The van der Waals surface area contributed by atoms with Crippen LogP contribution in [0.15, 0.2) is 28.2 Å². The number of aryl methyl sites for hydroxylation is 1. The second-order valence-electron chi connectivity index (χ2n) is 4.52. The Morgan fingerprint density at radius 3 is 2.90 bits per heavy atom. The molecule has 0 fully saturated rings. The van der Waals surface area contributed by atoms with Gasteiger partial charge in [0.15, 0.2) is 0 Å². The normalized spacial score (nSPS) is 11.0. The van der Waals surface area contributed by atoms with E-state index in [9.17, 15) is 9.59 Å². The van der Waals surface area contributed by atoms with Crippen molar-refractivity contribution in [2.75, 3.05) is 7.05 Å². The van der Waals surface area contributed by atoms with Crippen LogP contribution in [0.2, 0.25) is 0 Å². The molecule has 0 aliphatic carbocycles. The first-order valence-corrected chi connectivity index (χ1v) is 7.00. The molecule has 0 aliphatic heterocycles. The predicted octanol–water partition coefficient (Wildman–Crippen LogP) is 2.41. The first-order valence-electron chi connectivity index (χ1n) is 6.12. The van der Waals surface area contributed by atoms with Gasteiger partial charge in [-0.15, -0.1) is 11.3 Å². The Bertz CT molecular complexity index is 687. The smallest absolute Gasteiger partial charge is 0.328 e. The van der Waals surface area contributed by atoms with E-state index in [4.69, 9.17) is 9.63 Å². The number of hydrogen-bond donors (Lipinski definition) is 1. The Labute approximate surface area is 125 Å². The summed E-state index contributed by atoms with van der Waals surface area (Å²) in [6.07, 6.45) is 4.10. The number of carbonyl (C=O) groups excluding carboxylic acids is 1. The topological polar surface area (TPSA) is 83.6 Å². The van der Waals surface area contributed by atoms with Crippen LogP contribution in [0.3, 0.4) is 0 Å². The van der Waals surface area contributed by atoms with Crippen LogP contribution in [0.1, 0.15) is 26.6 Å². The van der Waals surface area contributed by atoms with Crippen LogP contribution in [-0.2, 0) is 11.3 Å². The number of rotatable bonds is 5. The van der Waals surface area contributed by atoms with E-state index in [-0.39, 0.29) is 11.7 Å². The molecule has 0 aromatic carbocycles. The fourth-order valence-electron chi connectivity index (χ4n) is 1.71. The molecule has 0 saturated carbocycles. The second kappa shape index (κ2) is 6.36. The lowest BCUT2D eigenvalue weighted by Crippen LogP contribution is -2.25. The molecule has 0 aliphatic rings. The number of aromatic nitrogens is 1. The number of thiophene rings is 1. The lowest BCUT2D eigenvalue weighted by molar-refractivity contribution is -0.131. The van der Waals surface area contributed by atoms with Crippen LogP contribution in [0.4, 0.5) is 0 Å². The molecule has 0 unspecified atom stereocenters. The molecule has 0 atom stereocenters. The third kappa shape index (κ3) is 3.79. The average Bonchev–Trinajstić information content (AvgIpc) is 3.04. The van der Waals surface area contributed by atoms with Gasteiger partial charge in [-0.25, -0.2) is 4.79 Å². The number of amides is 1. The highest BCUT2D eigenvalue weighted by Gasteiger charge is 2.19. The highest BCUT2D eigenvalue weighted by atomic mass is 32.1. The summed E-state index contributed by atoms with van der Waals surface area (Å²) in [6.45, 7) is 2.18. The molecular weight excluding hydrogens is 292 g/mol. The second-order valence-corrected chi connectivity index (χ2v) is 5.51. The molecule has 21 heavy (non-hydrogen) atoms. The first-order chi connectivity index (χ1) is 9.97. The number of carbonyl (C=O) groups is 2. The molecular formula is C14H14N2O4S. The molecule has 2 heterocycles. The summed E-state index contributed by atoms with van der Waals surface area (Å²) in [5, 5.41) is 14.0. The van der Waals surface area contributed by atoms with Gasteiger partial charge in [-0.1, -0.05) is 5.16 Å². The number of carboxylic acids is 1. The van der Waals surface area contributed by atoms with Crippen LogP contribution < -0.4 is 0 Å². The molecule has 2 aromatic heterocycles. The fourth-order valence-corrected chi connectivity index (χ4v) is 2.62. The molecule has 0 spiro atoms. The van der Waals surface area contributed by atoms with Crippen molar-refractivity contribution in [1.82, 2.24) is 10.1 Å². The summed E-state index contributed by atoms with van der Waals surface area (Å²) in [6, 6.07) is 1.85. The van der Waals surface area contributed by atoms with Crippen molar-refractivity contribution >= 4 is 29.3 Å². The van der Waals surface area contributed by atoms with Gasteiger partial charge in [-0.3, -0.25) is 4.79 Å². The first kappa shape index (κ1) is 15.0. The lowest BCUT2D eigenvalue weighted by Gasteiger charge is -2.14. The van der Waals surface area contributed by atoms with Crippen molar-refractivity contribution in [3.8, 4) is 0 Å². The van der Waals surface area contributed by atoms with Crippen LogP contribution in [0.25, 0.3) is 6.08 Å². The van der Waals surface area contributed by atoms with Gasteiger partial charge in [0.05, 0.1) is 12.7 Å². The van der Waals surface area contributed by atoms with Crippen molar-refractivity contribution in [3.63, 3.8) is 0 Å². The van der Waals surface area contributed by atoms with E-state index in [0.717, 1.165) is 16.5 Å². The van der Waals surface area contributed by atoms with E-state index >= 15 is 0 Å². The quantitative estimate of drug-likeness (QED) is 0.858. The summed E-state index contributed by atoms with van der Waals surface area (Å²) in [4.78, 5) is 25.1. The summed E-state index contributed by atoms with van der Waals surface area (Å²) in [5.41, 5.74) is 1.50. The molecule has 2 rings (SSSR count). The van der Waals surface area contributed by atoms with Crippen molar-refractivity contribution < 1.29 is 19.2 Å². The third-order valence-corrected chi connectivity index (χ3v) is 3.71. The number of nitrogens with zero attached hydrogens (tertiary/aromatic N) is 2. The van der Waals surface area contributed by atoms with Gasteiger partial charge in [0, 0.05) is 23.6 Å². The zero-order chi connectivity index (χ0) is 15.4. The minimum atomic E-state index is -0.990. The maximum absolute atomic E-state index is 12.2. The lowest BCUT2D eigenvalue weighted by atomic mass is 10.2. The monoisotopic (exact) mass is 306 g/mol. The Morgan fingerprint density at radius 1 is 1.52 bits per heavy atom. The Balaban J connectivity index is 2.03. The van der Waals surface area contributed by atoms with Crippen LogP contribution in [-0.4, -0.2) is 34.1 Å². The minimum absolute atomic E-state index is 0.235. The molecule has 1 N–H and O–H groups in total. The van der Waals surface area contributed by atoms with Crippen molar-refractivity contribution in [2.45, 2.75) is 13.5 Å². The van der Waals surface area contributed by atoms with E-state index in [2.05, 4.69) is 5.16 Å². The standard InChI is InChI=1S/C14H14N2O4S/c1-9-6-15-20-13(9)14(19)16(2)7-11-5-10(8-21-11)3-4-12(17)18/h3-6,8H,7H2,1-2H3,(H,17,18). The molecule has 110 valence electrons. The Kier molecular flexibility index (Phi) is 4.54. The van der Waals surface area contributed by atoms with Crippen LogP contribution in [0, 0.1) is 6.92 Å². The van der Waals surface area contributed by atoms with Gasteiger partial charge in [0.2, 0.25) is 5.76 Å². The van der Waals surface area contributed by atoms with Crippen molar-refractivity contribution in [2.24, 2.45) is 0 Å². The summed E-state index contributed by atoms with van der Waals surface area (Å²) in [5.74, 6) is -0.989. The van der Waals surface area contributed by atoms with E-state index in [1.165, 1.54) is 28.5 Å². The van der Waals surface area contributed by atoms with E-state index in [1.54, 1.807) is 14.0 Å². The maximum Gasteiger partial charge on any atom is 0.328 e. The number of carboxylic acid groups (broad SMARTS) is 1. The van der Waals surface area contributed by atoms with Gasteiger partial charge in [-0.2, -0.15) is 0 Å². The molecule has 0 bridgehead atoms. The maximum atomic E-state index is 12.2. The zero-order valence-corrected chi connectivity index (χ0v) is 12.4. The minimum Gasteiger partial charge on any atom is -0.478 e. The highest BCUT2D eigenvalue weighted by Crippen LogP contribution is 2.19. The van der Waals surface area contributed by atoms with Crippen LogP contribution >= 0.6 is 11.3 Å². The van der Waals surface area contributed by atoms with Crippen molar-refractivity contribution in [3.05, 3.63) is 45.5 Å². The van der Waals surface area contributed by atoms with E-state index < -0.39 is 5.97 Å². The summed E-state index contributed by atoms with van der Waals surface area (Å²) < 4.78 is 4.94. The summed E-state index contributed by atoms with van der Waals surface area (Å²) >= 11 is 1.46. The van der Waals surface area contributed by atoms with Crippen LogP contribution in [0.5, 0.6) is 0 Å². The largest absolute Gasteiger partial charge is 0.478 e. The van der Waals surface area contributed by atoms with Gasteiger partial charge in [-0.05, 0) is 30.0 Å². The third-order valence-electron chi connectivity index (χ3n) is 2.77. The average molecular weight is 306 g/mol. The van der Waals surface area contributed by atoms with Gasteiger partial charge in [0.1, 0.15) is 0 Å². The summed E-state index contributed by atoms with van der Waals surface area (Å²) in [7, 11) is 1.68. The van der Waals surface area contributed by atoms with Crippen molar-refractivity contribution in [1.29, 1.82) is 0 Å². The van der Waals surface area contributed by atoms with E-state index in [0.29, 0.717) is 12.1 Å². The number of hydrogen-bond acceptors (Lipinski definition) is 5. The Hall–Kier alpha value is -2.41. The van der Waals surface area contributed by atoms with Gasteiger partial charge >= 0.3 is 5.97 Å². The molecule has 6 nitrogen and oxygen atoms in total.